The summed E-state index contributed by atoms with van der Waals surface area (Å²) in [6, 6.07) is 0. The fourth-order valence-electron chi connectivity index (χ4n) is 1.86. The zero-order valence-electron chi connectivity index (χ0n) is 8.81. The van der Waals surface area contributed by atoms with Crippen LogP contribution in [0.2, 0.25) is 0 Å². The molecule has 1 aliphatic rings. The molecule has 4 heteroatoms. The lowest BCUT2D eigenvalue weighted by atomic mass is 9.81. The van der Waals surface area contributed by atoms with E-state index in [-0.39, 0.29) is 6.61 Å². The molecule has 4 atom stereocenters. The molecule has 2 unspecified atom stereocenters. The number of hydrogen-bond donors (Lipinski definition) is 3. The van der Waals surface area contributed by atoms with Crippen LogP contribution in [0.1, 0.15) is 33.1 Å². The quantitative estimate of drug-likeness (QED) is 0.607. The molecule has 1 aliphatic heterocycles. The van der Waals surface area contributed by atoms with Crippen LogP contribution in [-0.4, -0.2) is 45.8 Å². The normalized spacial score (nSPS) is 43.9. The fourth-order valence-corrected chi connectivity index (χ4v) is 1.86. The molecule has 14 heavy (non-hydrogen) atoms. The van der Waals surface area contributed by atoms with E-state index in [2.05, 4.69) is 0 Å². The first-order valence-electron chi connectivity index (χ1n) is 5.22. The van der Waals surface area contributed by atoms with Gasteiger partial charge in [-0.2, -0.15) is 0 Å². The van der Waals surface area contributed by atoms with Gasteiger partial charge in [0.05, 0.1) is 12.7 Å². The van der Waals surface area contributed by atoms with Crippen LogP contribution in [0.4, 0.5) is 0 Å². The second kappa shape index (κ2) is 4.57. The third-order valence-electron chi connectivity index (χ3n) is 3.03. The van der Waals surface area contributed by atoms with Crippen molar-refractivity contribution in [2.45, 2.75) is 57.0 Å². The van der Waals surface area contributed by atoms with Gasteiger partial charge in [0.1, 0.15) is 17.8 Å². The molecule has 0 aromatic carbocycles. The summed E-state index contributed by atoms with van der Waals surface area (Å²) in [4.78, 5) is 0. The molecule has 4 nitrogen and oxygen atoms in total. The first-order chi connectivity index (χ1) is 6.52. The lowest BCUT2D eigenvalue weighted by Crippen LogP contribution is -2.61. The minimum absolute atomic E-state index is 0.0940. The number of aliphatic hydroxyl groups is 3. The lowest BCUT2D eigenvalue weighted by Gasteiger charge is -2.44. The second-order valence-electron chi connectivity index (χ2n) is 4.08. The van der Waals surface area contributed by atoms with Gasteiger partial charge in [0.2, 0.25) is 0 Å². The Morgan fingerprint density at radius 1 is 1.43 bits per heavy atom. The largest absolute Gasteiger partial charge is 0.388 e. The van der Waals surface area contributed by atoms with Gasteiger partial charge < -0.3 is 20.1 Å². The topological polar surface area (TPSA) is 69.9 Å². The zero-order valence-corrected chi connectivity index (χ0v) is 8.81. The maximum Gasteiger partial charge on any atom is 0.119 e. The number of ether oxygens (including phenoxy) is 1. The van der Waals surface area contributed by atoms with Gasteiger partial charge in [-0.05, 0) is 13.3 Å². The molecule has 0 aromatic heterocycles. The monoisotopic (exact) mass is 204 g/mol. The maximum absolute atomic E-state index is 10.2. The highest BCUT2D eigenvalue weighted by Crippen LogP contribution is 2.30. The van der Waals surface area contributed by atoms with Crippen LogP contribution >= 0.6 is 0 Å². The van der Waals surface area contributed by atoms with E-state index >= 15 is 0 Å². The van der Waals surface area contributed by atoms with Crippen molar-refractivity contribution >= 4 is 0 Å². The highest BCUT2D eigenvalue weighted by atomic mass is 16.5. The average Bonchev–Trinajstić information content (AvgIpc) is 2.18. The maximum atomic E-state index is 10.2. The highest BCUT2D eigenvalue weighted by Gasteiger charge is 2.48. The van der Waals surface area contributed by atoms with E-state index in [1.54, 1.807) is 6.92 Å². The molecule has 0 spiro atoms. The van der Waals surface area contributed by atoms with Crippen LogP contribution in [0.25, 0.3) is 0 Å². The Bertz CT molecular complexity index is 185. The Morgan fingerprint density at radius 3 is 2.64 bits per heavy atom. The van der Waals surface area contributed by atoms with E-state index in [1.165, 1.54) is 0 Å². The van der Waals surface area contributed by atoms with E-state index in [0.29, 0.717) is 6.42 Å². The fraction of sp³-hybridized carbons (Fsp3) is 1.00. The van der Waals surface area contributed by atoms with E-state index in [1.807, 2.05) is 6.92 Å². The predicted molar refractivity (Wildman–Crippen MR) is 51.9 cm³/mol. The minimum atomic E-state index is -1.30. The number of hydrogen-bond acceptors (Lipinski definition) is 4. The van der Waals surface area contributed by atoms with E-state index < -0.39 is 23.9 Å². The SMILES string of the molecule is CCCC[C@@]1(O)C(C)OC[C@H](O)C1O. The highest BCUT2D eigenvalue weighted by molar-refractivity contribution is 4.98. The van der Waals surface area contributed by atoms with Crippen molar-refractivity contribution in [1.82, 2.24) is 0 Å². The van der Waals surface area contributed by atoms with Gasteiger partial charge in [0.15, 0.2) is 0 Å². The summed E-state index contributed by atoms with van der Waals surface area (Å²) in [7, 11) is 0. The Balaban J connectivity index is 2.68. The van der Waals surface area contributed by atoms with Crippen LogP contribution in [0.5, 0.6) is 0 Å². The Kier molecular flexibility index (Phi) is 3.89. The average molecular weight is 204 g/mol. The molecule has 3 N–H and O–H groups in total. The van der Waals surface area contributed by atoms with Crippen LogP contribution in [0.15, 0.2) is 0 Å². The van der Waals surface area contributed by atoms with Gasteiger partial charge >= 0.3 is 0 Å². The molecule has 0 radical (unpaired) electrons. The smallest absolute Gasteiger partial charge is 0.119 e. The zero-order chi connectivity index (χ0) is 10.8. The van der Waals surface area contributed by atoms with Crippen molar-refractivity contribution in [2.75, 3.05) is 6.61 Å². The summed E-state index contributed by atoms with van der Waals surface area (Å²) in [5.74, 6) is 0. The summed E-state index contributed by atoms with van der Waals surface area (Å²) >= 11 is 0. The van der Waals surface area contributed by atoms with Gasteiger partial charge in [0, 0.05) is 0 Å². The summed E-state index contributed by atoms with van der Waals surface area (Å²) in [5.41, 5.74) is -1.30. The standard InChI is InChI=1S/C10H20O4/c1-3-4-5-10(13)7(2)14-6-8(11)9(10)12/h7-9,11-13H,3-6H2,1-2H3/t7?,8-,9?,10+/m0/s1. The molecule has 84 valence electrons. The van der Waals surface area contributed by atoms with E-state index in [9.17, 15) is 15.3 Å². The van der Waals surface area contributed by atoms with Gasteiger partial charge in [-0.1, -0.05) is 19.8 Å². The second-order valence-corrected chi connectivity index (χ2v) is 4.08. The minimum Gasteiger partial charge on any atom is -0.388 e. The molecule has 0 amide bonds. The summed E-state index contributed by atoms with van der Waals surface area (Å²) in [6.45, 7) is 3.84. The van der Waals surface area contributed by atoms with Crippen molar-refractivity contribution in [1.29, 1.82) is 0 Å². The lowest BCUT2D eigenvalue weighted by molar-refractivity contribution is -0.240. The van der Waals surface area contributed by atoms with Gasteiger partial charge in [-0.25, -0.2) is 0 Å². The number of aliphatic hydroxyl groups excluding tert-OH is 2. The molecule has 1 rings (SSSR count). The van der Waals surface area contributed by atoms with Gasteiger partial charge in [0.25, 0.3) is 0 Å². The molecular formula is C10H20O4. The van der Waals surface area contributed by atoms with Crippen molar-refractivity contribution in [3.63, 3.8) is 0 Å². The summed E-state index contributed by atoms with van der Waals surface area (Å²) in [5, 5.41) is 29.3. The molecule has 0 bridgehead atoms. The van der Waals surface area contributed by atoms with Crippen molar-refractivity contribution in [3.8, 4) is 0 Å². The molecular weight excluding hydrogens is 184 g/mol. The Morgan fingerprint density at radius 2 is 2.07 bits per heavy atom. The third-order valence-corrected chi connectivity index (χ3v) is 3.03. The molecule has 0 aliphatic carbocycles. The van der Waals surface area contributed by atoms with E-state index in [4.69, 9.17) is 4.74 Å². The van der Waals surface area contributed by atoms with Crippen molar-refractivity contribution < 1.29 is 20.1 Å². The summed E-state index contributed by atoms with van der Waals surface area (Å²) < 4.78 is 5.21. The first-order valence-corrected chi connectivity index (χ1v) is 5.22. The van der Waals surface area contributed by atoms with E-state index in [0.717, 1.165) is 12.8 Å². The van der Waals surface area contributed by atoms with Crippen LogP contribution < -0.4 is 0 Å². The van der Waals surface area contributed by atoms with Gasteiger partial charge in [-0.3, -0.25) is 0 Å². The van der Waals surface area contributed by atoms with Crippen LogP contribution in [0.3, 0.4) is 0 Å². The molecule has 1 heterocycles. The van der Waals surface area contributed by atoms with Crippen molar-refractivity contribution in [2.24, 2.45) is 0 Å². The summed E-state index contributed by atoms with van der Waals surface area (Å²) in [6.07, 6.45) is -0.285. The van der Waals surface area contributed by atoms with Gasteiger partial charge in [-0.15, -0.1) is 0 Å². The molecule has 1 fully saturated rings. The Labute approximate surface area is 84.5 Å². The third kappa shape index (κ3) is 2.08. The molecule has 0 saturated carbocycles. The molecule has 0 aromatic rings. The predicted octanol–water partition coefficient (Wildman–Crippen LogP) is 0.0482. The first kappa shape index (κ1) is 11.9. The van der Waals surface area contributed by atoms with Crippen LogP contribution in [0, 0.1) is 0 Å². The number of unbranched alkanes of at least 4 members (excludes halogenated alkanes) is 1. The van der Waals surface area contributed by atoms with Crippen LogP contribution in [-0.2, 0) is 4.74 Å². The molecule has 1 saturated heterocycles. The Hall–Kier alpha value is -0.160. The van der Waals surface area contributed by atoms with Crippen molar-refractivity contribution in [3.05, 3.63) is 0 Å². The number of rotatable bonds is 3.